The van der Waals surface area contributed by atoms with Gasteiger partial charge in [-0.05, 0) is 42.0 Å². The van der Waals surface area contributed by atoms with E-state index in [4.69, 9.17) is 16.7 Å². The number of sulfonamides is 1. The second kappa shape index (κ2) is 8.55. The standard InChI is InChI=1S/C20H20ClN3O5S/c1-2-18(25)23(12-13-3-9-16(10-4-13)30(22,28)29)17-11-19(26)24(20(17)27)15-7-5-14(21)6-8-15/h3-10,17H,2,11-12H2,1H3,(H2,22,28,29). The van der Waals surface area contributed by atoms with Crippen LogP contribution < -0.4 is 10.0 Å². The van der Waals surface area contributed by atoms with Crippen molar-refractivity contribution < 1.29 is 22.8 Å². The van der Waals surface area contributed by atoms with Gasteiger partial charge in [0.05, 0.1) is 17.0 Å². The van der Waals surface area contributed by atoms with Crippen molar-refractivity contribution in [2.24, 2.45) is 5.14 Å². The van der Waals surface area contributed by atoms with Gasteiger partial charge in [-0.15, -0.1) is 0 Å². The minimum Gasteiger partial charge on any atom is -0.326 e. The molecule has 1 atom stereocenters. The number of nitrogens with zero attached hydrogens (tertiary/aromatic N) is 2. The molecule has 30 heavy (non-hydrogen) atoms. The fraction of sp³-hybridized carbons (Fsp3) is 0.250. The highest BCUT2D eigenvalue weighted by Gasteiger charge is 2.44. The maximum Gasteiger partial charge on any atom is 0.257 e. The fourth-order valence-electron chi connectivity index (χ4n) is 3.28. The number of hydrogen-bond acceptors (Lipinski definition) is 5. The van der Waals surface area contributed by atoms with E-state index in [1.165, 1.54) is 29.2 Å². The summed E-state index contributed by atoms with van der Waals surface area (Å²) in [7, 11) is -3.84. The molecule has 10 heteroatoms. The Labute approximate surface area is 179 Å². The Balaban J connectivity index is 1.87. The molecular weight excluding hydrogens is 430 g/mol. The number of imide groups is 1. The first-order valence-electron chi connectivity index (χ1n) is 9.15. The number of primary sulfonamides is 1. The number of benzene rings is 2. The maximum atomic E-state index is 13.0. The normalized spacial score (nSPS) is 16.8. The topological polar surface area (TPSA) is 118 Å². The average molecular weight is 450 g/mol. The Kier molecular flexibility index (Phi) is 6.25. The van der Waals surface area contributed by atoms with E-state index in [0.29, 0.717) is 16.3 Å². The maximum absolute atomic E-state index is 13.0. The number of carbonyl (C=O) groups is 3. The monoisotopic (exact) mass is 449 g/mol. The second-order valence-electron chi connectivity index (χ2n) is 6.83. The third-order valence-corrected chi connectivity index (χ3v) is 5.99. The second-order valence-corrected chi connectivity index (χ2v) is 8.83. The number of hydrogen-bond donors (Lipinski definition) is 1. The van der Waals surface area contributed by atoms with Crippen LogP contribution >= 0.6 is 11.6 Å². The van der Waals surface area contributed by atoms with Crippen molar-refractivity contribution in [2.45, 2.75) is 37.2 Å². The number of amides is 3. The Morgan fingerprint density at radius 1 is 1.13 bits per heavy atom. The first-order chi connectivity index (χ1) is 14.1. The van der Waals surface area contributed by atoms with Crippen LogP contribution in [0.2, 0.25) is 5.02 Å². The molecule has 8 nitrogen and oxygen atoms in total. The van der Waals surface area contributed by atoms with E-state index in [1.54, 1.807) is 31.2 Å². The van der Waals surface area contributed by atoms with E-state index in [-0.39, 0.29) is 30.2 Å². The smallest absolute Gasteiger partial charge is 0.257 e. The zero-order chi connectivity index (χ0) is 22.1. The molecule has 0 bridgehead atoms. The van der Waals surface area contributed by atoms with Crippen LogP contribution in [0.5, 0.6) is 0 Å². The van der Waals surface area contributed by atoms with Crippen LogP contribution in [0, 0.1) is 0 Å². The first-order valence-corrected chi connectivity index (χ1v) is 11.1. The molecular formula is C20H20ClN3O5S. The Bertz CT molecular complexity index is 1080. The zero-order valence-corrected chi connectivity index (χ0v) is 17.7. The SMILES string of the molecule is CCC(=O)N(Cc1ccc(S(N)(=O)=O)cc1)C1CC(=O)N(c2ccc(Cl)cc2)C1=O. The molecule has 1 fully saturated rings. The van der Waals surface area contributed by atoms with Crippen molar-refractivity contribution in [3.8, 4) is 0 Å². The summed E-state index contributed by atoms with van der Waals surface area (Å²) < 4.78 is 22.8. The molecule has 1 heterocycles. The molecule has 0 aromatic heterocycles. The van der Waals surface area contributed by atoms with Crippen LogP contribution in [0.25, 0.3) is 0 Å². The molecule has 3 amide bonds. The van der Waals surface area contributed by atoms with E-state index < -0.39 is 27.9 Å². The number of halogens is 1. The molecule has 2 aromatic carbocycles. The van der Waals surface area contributed by atoms with Gasteiger partial charge in [0, 0.05) is 18.0 Å². The van der Waals surface area contributed by atoms with Gasteiger partial charge in [0.1, 0.15) is 6.04 Å². The van der Waals surface area contributed by atoms with Gasteiger partial charge in [-0.2, -0.15) is 0 Å². The zero-order valence-electron chi connectivity index (χ0n) is 16.1. The van der Waals surface area contributed by atoms with Crippen LogP contribution in [0.3, 0.4) is 0 Å². The van der Waals surface area contributed by atoms with Gasteiger partial charge >= 0.3 is 0 Å². The van der Waals surface area contributed by atoms with Crippen molar-refractivity contribution in [2.75, 3.05) is 4.90 Å². The van der Waals surface area contributed by atoms with E-state index in [9.17, 15) is 22.8 Å². The lowest BCUT2D eigenvalue weighted by Crippen LogP contribution is -2.44. The van der Waals surface area contributed by atoms with Gasteiger partial charge in [0.2, 0.25) is 21.8 Å². The predicted octanol–water partition coefficient (Wildman–Crippen LogP) is 2.06. The predicted molar refractivity (Wildman–Crippen MR) is 111 cm³/mol. The van der Waals surface area contributed by atoms with Gasteiger partial charge in [-0.25, -0.2) is 18.5 Å². The Hall–Kier alpha value is -2.75. The van der Waals surface area contributed by atoms with Crippen molar-refractivity contribution in [1.29, 1.82) is 0 Å². The summed E-state index contributed by atoms with van der Waals surface area (Å²) in [4.78, 5) is 40.5. The first kappa shape index (κ1) is 21.9. The van der Waals surface area contributed by atoms with Crippen LogP contribution in [-0.2, 0) is 31.0 Å². The number of nitrogens with two attached hydrogens (primary N) is 1. The van der Waals surface area contributed by atoms with Crippen LogP contribution in [0.4, 0.5) is 5.69 Å². The molecule has 0 spiro atoms. The Morgan fingerprint density at radius 2 is 1.73 bits per heavy atom. The highest BCUT2D eigenvalue weighted by atomic mass is 35.5. The molecule has 0 aliphatic carbocycles. The van der Waals surface area contributed by atoms with Crippen molar-refractivity contribution in [3.63, 3.8) is 0 Å². The van der Waals surface area contributed by atoms with Crippen molar-refractivity contribution in [1.82, 2.24) is 4.90 Å². The molecule has 1 saturated heterocycles. The number of carbonyl (C=O) groups excluding carboxylic acids is 3. The van der Waals surface area contributed by atoms with E-state index in [1.807, 2.05) is 0 Å². The average Bonchev–Trinajstić information content (AvgIpc) is 3.00. The van der Waals surface area contributed by atoms with Crippen LogP contribution in [0.15, 0.2) is 53.4 Å². The van der Waals surface area contributed by atoms with Crippen molar-refractivity contribution in [3.05, 3.63) is 59.1 Å². The lowest BCUT2D eigenvalue weighted by atomic mass is 10.1. The third-order valence-electron chi connectivity index (χ3n) is 4.81. The lowest BCUT2D eigenvalue weighted by Gasteiger charge is -2.27. The third kappa shape index (κ3) is 4.53. The molecule has 1 aliphatic heterocycles. The minimum absolute atomic E-state index is 0.0513. The number of anilines is 1. The molecule has 2 N–H and O–H groups in total. The molecule has 3 rings (SSSR count). The molecule has 0 radical (unpaired) electrons. The summed E-state index contributed by atoms with van der Waals surface area (Å²) in [6, 6.07) is 11.1. The summed E-state index contributed by atoms with van der Waals surface area (Å²) in [5, 5.41) is 5.57. The van der Waals surface area contributed by atoms with Gasteiger partial charge < -0.3 is 4.90 Å². The van der Waals surface area contributed by atoms with E-state index in [0.717, 1.165) is 4.90 Å². The summed E-state index contributed by atoms with van der Waals surface area (Å²) in [6.07, 6.45) is 0.0106. The molecule has 1 aliphatic rings. The fourth-order valence-corrected chi connectivity index (χ4v) is 3.92. The molecule has 0 saturated carbocycles. The van der Waals surface area contributed by atoms with Gasteiger partial charge in [-0.1, -0.05) is 30.7 Å². The largest absolute Gasteiger partial charge is 0.326 e. The Morgan fingerprint density at radius 3 is 2.27 bits per heavy atom. The number of rotatable bonds is 6. The highest BCUT2D eigenvalue weighted by molar-refractivity contribution is 7.89. The summed E-state index contributed by atoms with van der Waals surface area (Å²) in [5.41, 5.74) is 0.993. The summed E-state index contributed by atoms with van der Waals surface area (Å²) >= 11 is 5.87. The summed E-state index contributed by atoms with van der Waals surface area (Å²) in [6.45, 7) is 1.72. The van der Waals surface area contributed by atoms with E-state index in [2.05, 4.69) is 0 Å². The van der Waals surface area contributed by atoms with Gasteiger partial charge in [0.25, 0.3) is 5.91 Å². The van der Waals surface area contributed by atoms with Gasteiger partial charge in [0.15, 0.2) is 0 Å². The summed E-state index contributed by atoms with van der Waals surface area (Å²) in [5.74, 6) is -1.20. The molecule has 158 valence electrons. The highest BCUT2D eigenvalue weighted by Crippen LogP contribution is 2.28. The van der Waals surface area contributed by atoms with Crippen LogP contribution in [-0.4, -0.2) is 37.1 Å². The lowest BCUT2D eigenvalue weighted by molar-refractivity contribution is -0.138. The molecule has 2 aromatic rings. The quantitative estimate of drug-likeness (QED) is 0.677. The molecule has 1 unspecified atom stereocenters. The van der Waals surface area contributed by atoms with Gasteiger partial charge in [-0.3, -0.25) is 14.4 Å². The van der Waals surface area contributed by atoms with E-state index >= 15 is 0 Å². The minimum atomic E-state index is -3.84. The van der Waals surface area contributed by atoms with Crippen molar-refractivity contribution >= 4 is 45.0 Å². The van der Waals surface area contributed by atoms with Crippen LogP contribution in [0.1, 0.15) is 25.3 Å².